The number of aromatic nitrogens is 1. The van der Waals surface area contributed by atoms with Gasteiger partial charge in [-0.3, -0.25) is 4.79 Å². The molecule has 6 heteroatoms. The van der Waals surface area contributed by atoms with Gasteiger partial charge in [0.2, 0.25) is 0 Å². The van der Waals surface area contributed by atoms with Gasteiger partial charge in [0.05, 0.1) is 5.60 Å². The third-order valence-corrected chi connectivity index (χ3v) is 8.60. The quantitative estimate of drug-likeness (QED) is 0.331. The summed E-state index contributed by atoms with van der Waals surface area (Å²) in [6.45, 7) is 2.15. The first-order valence-electron chi connectivity index (χ1n) is 12.8. The third kappa shape index (κ3) is 5.04. The van der Waals surface area contributed by atoms with Crippen LogP contribution in [0.3, 0.4) is 0 Å². The highest BCUT2D eigenvalue weighted by Gasteiger charge is 2.51. The molecule has 0 spiro atoms. The first-order valence-corrected chi connectivity index (χ1v) is 13.6. The van der Waals surface area contributed by atoms with Gasteiger partial charge in [-0.25, -0.2) is 4.98 Å². The van der Waals surface area contributed by atoms with E-state index in [1.807, 2.05) is 12.1 Å². The second kappa shape index (κ2) is 10.2. The fourth-order valence-electron chi connectivity index (χ4n) is 6.63. The number of hydrogen-bond acceptors (Lipinski definition) is 3. The van der Waals surface area contributed by atoms with Crippen LogP contribution in [0, 0.1) is 5.92 Å². The van der Waals surface area contributed by atoms with E-state index in [1.165, 1.54) is 16.7 Å². The Balaban J connectivity index is 1.48. The predicted octanol–water partition coefficient (Wildman–Crippen LogP) is 7.40. The van der Waals surface area contributed by atoms with Crippen LogP contribution < -0.4 is 5.32 Å². The number of anilines is 1. The number of carbonyl (C=O) groups is 1. The largest absolute Gasteiger partial charge is 0.390 e. The van der Waals surface area contributed by atoms with E-state index in [9.17, 15) is 9.90 Å². The highest BCUT2D eigenvalue weighted by atomic mass is 35.5. The van der Waals surface area contributed by atoms with Crippen molar-refractivity contribution >= 4 is 34.8 Å². The zero-order valence-electron chi connectivity index (χ0n) is 20.6. The molecule has 3 atom stereocenters. The molecule has 0 aliphatic heterocycles. The van der Waals surface area contributed by atoms with Crippen molar-refractivity contribution in [2.75, 3.05) is 5.32 Å². The summed E-state index contributed by atoms with van der Waals surface area (Å²) in [7, 11) is 0. The number of rotatable bonds is 6. The summed E-state index contributed by atoms with van der Waals surface area (Å²) < 4.78 is 0. The minimum absolute atomic E-state index is 0.0317. The van der Waals surface area contributed by atoms with E-state index < -0.39 is 5.60 Å². The number of aryl methyl sites for hydroxylation is 1. The molecule has 0 radical (unpaired) electrons. The molecule has 1 saturated carbocycles. The lowest BCUT2D eigenvalue weighted by Crippen LogP contribution is -2.51. The van der Waals surface area contributed by atoms with Gasteiger partial charge in [0.25, 0.3) is 5.91 Å². The Kier molecular flexibility index (Phi) is 7.13. The second-order valence-electron chi connectivity index (χ2n) is 10.6. The highest BCUT2D eigenvalue weighted by molar-refractivity contribution is 6.33. The lowest BCUT2D eigenvalue weighted by atomic mass is 9.52. The molecule has 2 aliphatic carbocycles. The smallest absolute Gasteiger partial charge is 0.255 e. The summed E-state index contributed by atoms with van der Waals surface area (Å²) in [4.78, 5) is 17.0. The fourth-order valence-corrected chi connectivity index (χ4v) is 7.09. The van der Waals surface area contributed by atoms with Gasteiger partial charge < -0.3 is 10.4 Å². The van der Waals surface area contributed by atoms with Crippen molar-refractivity contribution in [1.82, 2.24) is 4.98 Å². The van der Waals surface area contributed by atoms with Gasteiger partial charge in [-0.2, -0.15) is 0 Å². The number of benzene rings is 2. The zero-order valence-corrected chi connectivity index (χ0v) is 22.1. The third-order valence-electron chi connectivity index (χ3n) is 8.21. The maximum absolute atomic E-state index is 13.1. The Hall–Kier alpha value is -2.40. The minimum atomic E-state index is -0.565. The molecular formula is C30H32Cl2N2O2. The van der Waals surface area contributed by atoms with E-state index in [2.05, 4.69) is 53.6 Å². The fraction of sp³-hybridized carbons (Fsp3) is 0.400. The van der Waals surface area contributed by atoms with Crippen LogP contribution in [-0.2, 0) is 18.3 Å². The predicted molar refractivity (Wildman–Crippen MR) is 146 cm³/mol. The topological polar surface area (TPSA) is 62.2 Å². The van der Waals surface area contributed by atoms with Crippen molar-refractivity contribution in [2.24, 2.45) is 5.92 Å². The molecule has 4 nitrogen and oxygen atoms in total. The summed E-state index contributed by atoms with van der Waals surface area (Å²) in [6.07, 6.45) is 7.36. The monoisotopic (exact) mass is 522 g/mol. The molecule has 2 N–H and O–H groups in total. The van der Waals surface area contributed by atoms with E-state index >= 15 is 0 Å². The van der Waals surface area contributed by atoms with Crippen molar-refractivity contribution in [3.05, 3.63) is 93.2 Å². The molecule has 5 rings (SSSR count). The number of halogens is 2. The number of amides is 1. The molecule has 0 bridgehead atoms. The van der Waals surface area contributed by atoms with Gasteiger partial charge in [-0.15, -0.1) is 0 Å². The Labute approximate surface area is 223 Å². The molecule has 2 aromatic carbocycles. The average Bonchev–Trinajstić information content (AvgIpc) is 2.84. The maximum atomic E-state index is 13.1. The molecule has 36 heavy (non-hydrogen) atoms. The number of hydrogen-bond donors (Lipinski definition) is 2. The molecule has 1 aromatic heterocycles. The van der Waals surface area contributed by atoms with Crippen LogP contribution in [0.5, 0.6) is 0 Å². The second-order valence-corrected chi connectivity index (χ2v) is 11.3. The Morgan fingerprint density at radius 3 is 2.56 bits per heavy atom. The van der Waals surface area contributed by atoms with Crippen LogP contribution in [0.1, 0.15) is 72.5 Å². The number of aliphatic hydroxyl groups is 1. The highest BCUT2D eigenvalue weighted by Crippen LogP contribution is 2.55. The molecule has 3 aromatic rings. The normalized spacial score (nSPS) is 25.1. The zero-order chi connectivity index (χ0) is 25.3. The molecule has 1 heterocycles. The lowest BCUT2D eigenvalue weighted by Gasteiger charge is -2.53. The van der Waals surface area contributed by atoms with Crippen molar-refractivity contribution in [1.29, 1.82) is 0 Å². The molecule has 188 valence electrons. The van der Waals surface area contributed by atoms with Gasteiger partial charge in [0, 0.05) is 16.7 Å². The van der Waals surface area contributed by atoms with Crippen molar-refractivity contribution in [2.45, 2.75) is 69.3 Å². The number of fused-ring (bicyclic) bond motifs is 3. The van der Waals surface area contributed by atoms with Crippen LogP contribution >= 0.6 is 23.2 Å². The standard InChI is InChI=1S/C30H32Cl2N2O2/c1-2-12-29(36)13-14-30(18-20-6-4-3-5-7-20)23(19-29)10-8-21-15-22(9-11-25(21)30)28(35)33-24-16-26(31)34-27(32)17-24/h3-7,9,11,15-17,23,36H,2,8,10,12-14,18-19H2,1H3,(H,33,34,35)/t23-,29-,30+/m1/s1. The molecule has 2 aliphatic rings. The molecule has 0 saturated heterocycles. The number of pyridine rings is 1. The van der Waals surface area contributed by atoms with Gasteiger partial charge in [0.15, 0.2) is 0 Å². The summed E-state index contributed by atoms with van der Waals surface area (Å²) in [5, 5.41) is 14.7. The first-order chi connectivity index (χ1) is 17.3. The molecule has 1 amide bonds. The number of carbonyl (C=O) groups excluding carboxylic acids is 1. The van der Waals surface area contributed by atoms with Crippen LogP contribution in [0.15, 0.2) is 60.7 Å². The van der Waals surface area contributed by atoms with Crippen molar-refractivity contribution in [3.63, 3.8) is 0 Å². The van der Waals surface area contributed by atoms with Gasteiger partial charge in [-0.05, 0) is 91.8 Å². The van der Waals surface area contributed by atoms with E-state index in [-0.39, 0.29) is 21.6 Å². The summed E-state index contributed by atoms with van der Waals surface area (Å²) in [6, 6.07) is 20.0. The van der Waals surface area contributed by atoms with Crippen molar-refractivity contribution in [3.8, 4) is 0 Å². The SMILES string of the molecule is CCC[C@@]1(O)CC[C@@]2(Cc3ccccc3)c3ccc(C(=O)Nc4cc(Cl)nc(Cl)c4)cc3CC[C@@H]2C1. The summed E-state index contributed by atoms with van der Waals surface area (Å²) in [5.74, 6) is 0.215. The number of nitrogens with one attached hydrogen (secondary N) is 1. The van der Waals surface area contributed by atoms with Crippen molar-refractivity contribution < 1.29 is 9.90 Å². The summed E-state index contributed by atoms with van der Waals surface area (Å²) >= 11 is 12.0. The van der Waals surface area contributed by atoms with E-state index in [4.69, 9.17) is 23.2 Å². The van der Waals surface area contributed by atoms with Gasteiger partial charge in [0.1, 0.15) is 10.3 Å². The van der Waals surface area contributed by atoms with Gasteiger partial charge in [-0.1, -0.05) is 72.9 Å². The number of nitrogens with zero attached hydrogens (tertiary/aromatic N) is 1. The Morgan fingerprint density at radius 1 is 1.08 bits per heavy atom. The van der Waals surface area contributed by atoms with Gasteiger partial charge >= 0.3 is 0 Å². The molecule has 0 unspecified atom stereocenters. The average molecular weight is 524 g/mol. The van der Waals surface area contributed by atoms with Crippen LogP contribution in [0.25, 0.3) is 0 Å². The van der Waals surface area contributed by atoms with E-state index in [1.54, 1.807) is 12.1 Å². The minimum Gasteiger partial charge on any atom is -0.390 e. The summed E-state index contributed by atoms with van der Waals surface area (Å²) in [5.41, 5.74) is 4.44. The first kappa shape index (κ1) is 25.3. The van der Waals surface area contributed by atoms with E-state index in [0.29, 0.717) is 17.2 Å². The van der Waals surface area contributed by atoms with Crippen LogP contribution in [-0.4, -0.2) is 21.6 Å². The Bertz CT molecular complexity index is 1240. The Morgan fingerprint density at radius 2 is 1.83 bits per heavy atom. The van der Waals surface area contributed by atoms with Crippen LogP contribution in [0.4, 0.5) is 5.69 Å². The lowest BCUT2D eigenvalue weighted by molar-refractivity contribution is -0.0565. The van der Waals surface area contributed by atoms with Crippen LogP contribution in [0.2, 0.25) is 10.3 Å². The van der Waals surface area contributed by atoms with E-state index in [0.717, 1.165) is 51.4 Å². The molecule has 1 fully saturated rings. The molecular weight excluding hydrogens is 491 g/mol. The maximum Gasteiger partial charge on any atom is 0.255 e.